The molecule has 0 radical (unpaired) electrons. The summed E-state index contributed by atoms with van der Waals surface area (Å²) < 4.78 is 68.5. The molecule has 0 aliphatic carbocycles. The molecule has 0 fully saturated rings. The van der Waals surface area contributed by atoms with Crippen LogP contribution in [0.25, 0.3) is 0 Å². The number of phosphoric acid groups is 2. The van der Waals surface area contributed by atoms with E-state index in [1.807, 2.05) is 0 Å². The van der Waals surface area contributed by atoms with Crippen molar-refractivity contribution in [2.24, 2.45) is 17.8 Å². The van der Waals surface area contributed by atoms with Crippen LogP contribution >= 0.6 is 15.6 Å². The zero-order chi connectivity index (χ0) is 71.6. The number of aliphatic hydroxyl groups is 1. The van der Waals surface area contributed by atoms with Gasteiger partial charge in [0.05, 0.1) is 26.4 Å². The molecule has 0 aromatic rings. The lowest BCUT2D eigenvalue weighted by Crippen LogP contribution is -2.30. The Labute approximate surface area is 592 Å². The van der Waals surface area contributed by atoms with Crippen LogP contribution in [0.5, 0.6) is 0 Å². The zero-order valence-electron chi connectivity index (χ0n) is 63.0. The largest absolute Gasteiger partial charge is 0.472 e. The first-order valence-corrected chi connectivity index (χ1v) is 42.7. The van der Waals surface area contributed by atoms with Gasteiger partial charge in [-0.1, -0.05) is 323 Å². The second-order valence-electron chi connectivity index (χ2n) is 28.6. The molecule has 0 rings (SSSR count). The number of allylic oxidation sites excluding steroid dienone is 4. The standard InChI is InChI=1S/C78H148O17P2/c1-8-10-11-12-13-14-15-16-21-26-29-32-38-47-54-61-77(82)94-74(66-89-76(81)60-53-46-41-40-43-50-57-70(5)6)68-93-97(86,87)91-64-72(79)63-90-96(84,85)92-67-73(95-78(83)62-55-48-39-34-33-36-44-51-58-71(7)9-2)65-88-75(80)59-52-45-37-31-28-25-23-20-18-17-19-22-24-27-30-35-42-49-56-69(3)4/h14-16,21,69-74,79H,8-13,17-20,22-68H2,1-7H3,(H,84,85)(H,86,87)/b15-14-,21-16-/t71?,72-,73-,74-/m1/s1. The summed E-state index contributed by atoms with van der Waals surface area (Å²) in [6.45, 7) is 11.8. The van der Waals surface area contributed by atoms with Crippen molar-refractivity contribution in [1.82, 2.24) is 0 Å². The summed E-state index contributed by atoms with van der Waals surface area (Å²) >= 11 is 0. The molecule has 19 heteroatoms. The molecule has 0 saturated heterocycles. The fraction of sp³-hybridized carbons (Fsp3) is 0.897. The summed E-state index contributed by atoms with van der Waals surface area (Å²) in [6.07, 6.45) is 57.9. The van der Waals surface area contributed by atoms with Crippen LogP contribution in [0, 0.1) is 17.8 Å². The van der Waals surface area contributed by atoms with Gasteiger partial charge in [0.1, 0.15) is 19.3 Å². The molecule has 0 heterocycles. The van der Waals surface area contributed by atoms with E-state index in [2.05, 4.69) is 72.8 Å². The van der Waals surface area contributed by atoms with Gasteiger partial charge < -0.3 is 33.8 Å². The first-order chi connectivity index (χ1) is 46.8. The van der Waals surface area contributed by atoms with Crippen molar-refractivity contribution in [2.45, 2.75) is 394 Å². The van der Waals surface area contributed by atoms with Crippen molar-refractivity contribution >= 4 is 39.5 Å². The molecule has 0 aliphatic heterocycles. The Hall–Kier alpha value is -2.46. The topological polar surface area (TPSA) is 237 Å². The monoisotopic (exact) mass is 1420 g/mol. The van der Waals surface area contributed by atoms with Crippen LogP contribution in [-0.4, -0.2) is 96.7 Å². The third-order valence-electron chi connectivity index (χ3n) is 17.9. The van der Waals surface area contributed by atoms with Gasteiger partial charge >= 0.3 is 39.5 Å². The number of rotatable bonds is 74. The predicted molar refractivity (Wildman–Crippen MR) is 395 cm³/mol. The van der Waals surface area contributed by atoms with Crippen LogP contribution in [-0.2, 0) is 65.4 Å². The molecule has 0 spiro atoms. The molecule has 0 aliphatic rings. The third-order valence-corrected chi connectivity index (χ3v) is 19.8. The fourth-order valence-electron chi connectivity index (χ4n) is 11.4. The Morgan fingerprint density at radius 1 is 0.340 bits per heavy atom. The van der Waals surface area contributed by atoms with Gasteiger partial charge in [0, 0.05) is 25.7 Å². The number of hydrogen-bond acceptors (Lipinski definition) is 15. The molecule has 0 aromatic heterocycles. The molecule has 3 unspecified atom stereocenters. The van der Waals surface area contributed by atoms with Gasteiger partial charge in [-0.2, -0.15) is 0 Å². The maximum Gasteiger partial charge on any atom is 0.472 e. The Morgan fingerprint density at radius 2 is 0.608 bits per heavy atom. The molecular formula is C78H148O17P2. The van der Waals surface area contributed by atoms with E-state index >= 15 is 0 Å². The van der Waals surface area contributed by atoms with Crippen LogP contribution in [0.4, 0.5) is 0 Å². The average Bonchev–Trinajstić information content (AvgIpc) is 1.21. The van der Waals surface area contributed by atoms with Crippen molar-refractivity contribution < 1.29 is 80.2 Å². The highest BCUT2D eigenvalue weighted by atomic mass is 31.2. The van der Waals surface area contributed by atoms with Gasteiger partial charge in [0.15, 0.2) is 12.2 Å². The fourth-order valence-corrected chi connectivity index (χ4v) is 13.0. The summed E-state index contributed by atoms with van der Waals surface area (Å²) in [5, 5.41) is 10.6. The highest BCUT2D eigenvalue weighted by Gasteiger charge is 2.30. The second kappa shape index (κ2) is 68.0. The molecule has 17 nitrogen and oxygen atoms in total. The summed E-state index contributed by atoms with van der Waals surface area (Å²) in [5.74, 6) is 0.115. The number of unbranched alkanes of at least 4 members (excludes halogenated alkanes) is 38. The molecule has 0 bridgehead atoms. The number of carbonyl (C=O) groups excluding carboxylic acids is 4. The molecule has 0 amide bonds. The summed E-state index contributed by atoms with van der Waals surface area (Å²) in [5.41, 5.74) is 0. The van der Waals surface area contributed by atoms with Crippen LogP contribution in [0.1, 0.15) is 376 Å². The Morgan fingerprint density at radius 3 is 0.918 bits per heavy atom. The average molecular weight is 1420 g/mol. The Balaban J connectivity index is 5.20. The number of carbonyl (C=O) groups is 4. The van der Waals surface area contributed by atoms with Gasteiger partial charge in [-0.15, -0.1) is 0 Å². The lowest BCUT2D eigenvalue weighted by Gasteiger charge is -2.21. The second-order valence-corrected chi connectivity index (χ2v) is 31.5. The number of esters is 4. The molecule has 572 valence electrons. The first-order valence-electron chi connectivity index (χ1n) is 39.7. The minimum atomic E-state index is -4.96. The number of aliphatic hydroxyl groups excluding tert-OH is 1. The maximum atomic E-state index is 13.1. The maximum absolute atomic E-state index is 13.1. The number of phosphoric ester groups is 2. The third kappa shape index (κ3) is 70.4. The van der Waals surface area contributed by atoms with Crippen LogP contribution < -0.4 is 0 Å². The van der Waals surface area contributed by atoms with Crippen LogP contribution in [0.2, 0.25) is 0 Å². The highest BCUT2D eigenvalue weighted by molar-refractivity contribution is 7.47. The van der Waals surface area contributed by atoms with Crippen molar-refractivity contribution in [1.29, 1.82) is 0 Å². The van der Waals surface area contributed by atoms with Crippen molar-refractivity contribution in [3.8, 4) is 0 Å². The Bertz CT molecular complexity index is 1980. The smallest absolute Gasteiger partial charge is 0.462 e. The SMILES string of the molecule is CCCCCC/C=C\C=C/CCCCCCCC(=O)O[C@H](COC(=O)CCCCCCCCC(C)C)COP(=O)(O)OC[C@H](O)COP(=O)(O)OC[C@@H](COC(=O)CCCCCCCCCCCCCCCCCCCCC(C)C)OC(=O)CCCCCCCCCCC(C)CC. The van der Waals surface area contributed by atoms with Crippen LogP contribution in [0.15, 0.2) is 24.3 Å². The number of ether oxygens (including phenoxy) is 4. The van der Waals surface area contributed by atoms with Crippen LogP contribution in [0.3, 0.4) is 0 Å². The molecule has 0 saturated carbocycles. The van der Waals surface area contributed by atoms with E-state index in [1.54, 1.807) is 0 Å². The highest BCUT2D eigenvalue weighted by Crippen LogP contribution is 2.45. The van der Waals surface area contributed by atoms with Gasteiger partial charge in [-0.25, -0.2) is 9.13 Å². The minimum Gasteiger partial charge on any atom is -0.462 e. The molecule has 3 N–H and O–H groups in total. The predicted octanol–water partition coefficient (Wildman–Crippen LogP) is 22.5. The van der Waals surface area contributed by atoms with Crippen molar-refractivity contribution in [2.75, 3.05) is 39.6 Å². The molecule has 6 atom stereocenters. The van der Waals surface area contributed by atoms with E-state index in [0.29, 0.717) is 31.6 Å². The lowest BCUT2D eigenvalue weighted by atomic mass is 9.99. The first kappa shape index (κ1) is 94.5. The number of hydrogen-bond donors (Lipinski definition) is 3. The van der Waals surface area contributed by atoms with E-state index in [9.17, 15) is 43.2 Å². The molecule has 97 heavy (non-hydrogen) atoms. The van der Waals surface area contributed by atoms with E-state index in [-0.39, 0.29) is 25.7 Å². The summed E-state index contributed by atoms with van der Waals surface area (Å²) in [6, 6.07) is 0. The van der Waals surface area contributed by atoms with Crippen molar-refractivity contribution in [3.05, 3.63) is 24.3 Å². The van der Waals surface area contributed by atoms with E-state index in [1.165, 1.54) is 167 Å². The van der Waals surface area contributed by atoms with E-state index < -0.39 is 97.5 Å². The Kier molecular flexibility index (Phi) is 66.3. The van der Waals surface area contributed by atoms with Gasteiger partial charge in [-0.05, 0) is 69.1 Å². The van der Waals surface area contributed by atoms with E-state index in [4.69, 9.17) is 37.0 Å². The molecular weight excluding hydrogens is 1270 g/mol. The van der Waals surface area contributed by atoms with Gasteiger partial charge in [0.2, 0.25) is 0 Å². The summed E-state index contributed by atoms with van der Waals surface area (Å²) in [7, 11) is -9.93. The van der Waals surface area contributed by atoms with Gasteiger partial charge in [0.25, 0.3) is 0 Å². The molecule has 0 aromatic carbocycles. The van der Waals surface area contributed by atoms with E-state index in [0.717, 1.165) is 121 Å². The normalized spacial score (nSPS) is 14.5. The van der Waals surface area contributed by atoms with Crippen molar-refractivity contribution in [3.63, 3.8) is 0 Å². The van der Waals surface area contributed by atoms with Gasteiger partial charge in [-0.3, -0.25) is 37.3 Å². The summed E-state index contributed by atoms with van der Waals surface area (Å²) in [4.78, 5) is 72.8. The minimum absolute atomic E-state index is 0.0837. The zero-order valence-corrected chi connectivity index (χ0v) is 64.8. The lowest BCUT2D eigenvalue weighted by molar-refractivity contribution is -0.161. The quantitative estimate of drug-likeness (QED) is 0.0169.